The molecule has 0 saturated heterocycles. The van der Waals surface area contributed by atoms with Gasteiger partial charge in [-0.25, -0.2) is 14.4 Å². The smallest absolute Gasteiger partial charge is 0.147 e. The molecule has 0 fully saturated rings. The Bertz CT molecular complexity index is 710. The number of anilines is 1. The summed E-state index contributed by atoms with van der Waals surface area (Å²) in [6.07, 6.45) is 1.54. The van der Waals surface area contributed by atoms with Gasteiger partial charge in [-0.15, -0.1) is 11.3 Å². The number of thiophene rings is 1. The van der Waals surface area contributed by atoms with E-state index in [1.165, 1.54) is 18.5 Å². The highest BCUT2D eigenvalue weighted by atomic mass is 32.1. The molecule has 1 unspecified atom stereocenters. The number of nitrogens with one attached hydrogen (secondary N) is 1. The predicted octanol–water partition coefficient (Wildman–Crippen LogP) is 4.00. The quantitative estimate of drug-likeness (QED) is 0.783. The largest absolute Gasteiger partial charge is 0.362 e. The van der Waals surface area contributed by atoms with Gasteiger partial charge in [0, 0.05) is 0 Å². The summed E-state index contributed by atoms with van der Waals surface area (Å²) in [6.45, 7) is 1.98. The van der Waals surface area contributed by atoms with Gasteiger partial charge in [0.1, 0.15) is 18.0 Å². The zero-order valence-corrected chi connectivity index (χ0v) is 11.1. The maximum atomic E-state index is 13.2. The zero-order valence-electron chi connectivity index (χ0n) is 10.3. The number of hydrogen-bond donors (Lipinski definition) is 1. The Morgan fingerprint density at radius 2 is 2.16 bits per heavy atom. The molecule has 3 aromatic rings. The van der Waals surface area contributed by atoms with E-state index < -0.39 is 0 Å². The van der Waals surface area contributed by atoms with Crippen molar-refractivity contribution in [3.63, 3.8) is 0 Å². The summed E-state index contributed by atoms with van der Waals surface area (Å²) in [5.74, 6) is 0.562. The highest BCUT2D eigenvalue weighted by Crippen LogP contribution is 2.27. The first-order chi connectivity index (χ1) is 9.24. The Balaban J connectivity index is 1.90. The molecule has 2 aromatic heterocycles. The van der Waals surface area contributed by atoms with Crippen molar-refractivity contribution in [2.75, 3.05) is 5.32 Å². The number of nitrogens with zero attached hydrogens (tertiary/aromatic N) is 2. The molecule has 0 spiro atoms. The number of benzene rings is 1. The summed E-state index contributed by atoms with van der Waals surface area (Å²) in [6, 6.07) is 8.52. The van der Waals surface area contributed by atoms with E-state index in [0.717, 1.165) is 21.6 Å². The van der Waals surface area contributed by atoms with Crippen molar-refractivity contribution in [3.05, 3.63) is 53.4 Å². The first kappa shape index (κ1) is 12.0. The molecule has 3 rings (SSSR count). The van der Waals surface area contributed by atoms with Crippen molar-refractivity contribution in [1.82, 2.24) is 9.97 Å². The Hall–Kier alpha value is -2.01. The molecule has 2 heterocycles. The topological polar surface area (TPSA) is 37.8 Å². The highest BCUT2D eigenvalue weighted by molar-refractivity contribution is 7.17. The van der Waals surface area contributed by atoms with Crippen molar-refractivity contribution in [3.8, 4) is 0 Å². The normalized spacial score (nSPS) is 12.5. The van der Waals surface area contributed by atoms with Crippen molar-refractivity contribution in [2.24, 2.45) is 0 Å². The Kier molecular flexibility index (Phi) is 3.13. The Labute approximate surface area is 114 Å². The lowest BCUT2D eigenvalue weighted by Gasteiger charge is -2.15. The van der Waals surface area contributed by atoms with E-state index in [4.69, 9.17) is 0 Å². The van der Waals surface area contributed by atoms with Crippen molar-refractivity contribution >= 4 is 27.4 Å². The van der Waals surface area contributed by atoms with E-state index in [2.05, 4.69) is 15.3 Å². The van der Waals surface area contributed by atoms with E-state index in [1.807, 2.05) is 24.4 Å². The van der Waals surface area contributed by atoms with E-state index in [-0.39, 0.29) is 11.9 Å². The van der Waals surface area contributed by atoms with Gasteiger partial charge < -0.3 is 5.32 Å². The van der Waals surface area contributed by atoms with Gasteiger partial charge >= 0.3 is 0 Å². The molecule has 0 aliphatic carbocycles. The summed E-state index contributed by atoms with van der Waals surface area (Å²) in [4.78, 5) is 8.46. The molecule has 0 bridgehead atoms. The van der Waals surface area contributed by atoms with Crippen LogP contribution in [0.5, 0.6) is 0 Å². The summed E-state index contributed by atoms with van der Waals surface area (Å²) in [5, 5.41) is 5.29. The molecular weight excluding hydrogens is 261 g/mol. The fourth-order valence-electron chi connectivity index (χ4n) is 1.96. The molecule has 3 nitrogen and oxygen atoms in total. The van der Waals surface area contributed by atoms with E-state index >= 15 is 0 Å². The average Bonchev–Trinajstić information content (AvgIpc) is 2.88. The minimum Gasteiger partial charge on any atom is -0.362 e. The van der Waals surface area contributed by atoms with Crippen LogP contribution in [-0.2, 0) is 0 Å². The molecule has 0 radical (unpaired) electrons. The third-order valence-corrected chi connectivity index (χ3v) is 3.86. The minimum absolute atomic E-state index is 0.0177. The maximum absolute atomic E-state index is 13.2. The average molecular weight is 273 g/mol. The van der Waals surface area contributed by atoms with Crippen LogP contribution in [0.4, 0.5) is 10.2 Å². The molecule has 1 N–H and O–H groups in total. The lowest BCUT2D eigenvalue weighted by atomic mass is 10.1. The zero-order chi connectivity index (χ0) is 13.2. The molecule has 19 heavy (non-hydrogen) atoms. The van der Waals surface area contributed by atoms with E-state index in [9.17, 15) is 4.39 Å². The van der Waals surface area contributed by atoms with Gasteiger partial charge in [0.25, 0.3) is 0 Å². The van der Waals surface area contributed by atoms with Gasteiger partial charge in [0.05, 0.1) is 16.3 Å². The molecule has 96 valence electrons. The molecule has 5 heteroatoms. The first-order valence-corrected chi connectivity index (χ1v) is 6.82. The SMILES string of the molecule is CC(Nc1ncnc2ccsc12)c1cccc(F)c1. The van der Waals surface area contributed by atoms with Crippen LogP contribution in [0.25, 0.3) is 10.2 Å². The second kappa shape index (κ2) is 4.93. The van der Waals surface area contributed by atoms with E-state index in [1.54, 1.807) is 17.4 Å². The Morgan fingerprint density at radius 1 is 1.26 bits per heavy atom. The first-order valence-electron chi connectivity index (χ1n) is 5.94. The van der Waals surface area contributed by atoms with Gasteiger partial charge in [-0.3, -0.25) is 0 Å². The highest BCUT2D eigenvalue weighted by Gasteiger charge is 2.10. The summed E-state index contributed by atoms with van der Waals surface area (Å²) < 4.78 is 14.2. The number of rotatable bonds is 3. The van der Waals surface area contributed by atoms with Gasteiger partial charge in [0.2, 0.25) is 0 Å². The lowest BCUT2D eigenvalue weighted by molar-refractivity contribution is 0.623. The van der Waals surface area contributed by atoms with Gasteiger partial charge in [0.15, 0.2) is 0 Å². The summed E-state index contributed by atoms with van der Waals surface area (Å²) in [7, 11) is 0. The van der Waals surface area contributed by atoms with Crippen LogP contribution in [-0.4, -0.2) is 9.97 Å². The maximum Gasteiger partial charge on any atom is 0.147 e. The summed E-state index contributed by atoms with van der Waals surface area (Å²) >= 11 is 1.59. The van der Waals surface area contributed by atoms with Gasteiger partial charge in [-0.1, -0.05) is 12.1 Å². The van der Waals surface area contributed by atoms with Crippen molar-refractivity contribution in [1.29, 1.82) is 0 Å². The van der Waals surface area contributed by atoms with Crippen LogP contribution in [0.1, 0.15) is 18.5 Å². The number of fused-ring (bicyclic) bond motifs is 1. The van der Waals surface area contributed by atoms with Crippen LogP contribution in [0, 0.1) is 5.82 Å². The summed E-state index contributed by atoms with van der Waals surface area (Å²) in [5.41, 5.74) is 1.82. The van der Waals surface area contributed by atoms with Crippen LogP contribution in [0.3, 0.4) is 0 Å². The van der Waals surface area contributed by atoms with E-state index in [0.29, 0.717) is 0 Å². The van der Waals surface area contributed by atoms with Crippen LogP contribution in [0.2, 0.25) is 0 Å². The van der Waals surface area contributed by atoms with Crippen LogP contribution < -0.4 is 5.32 Å². The van der Waals surface area contributed by atoms with Gasteiger partial charge in [-0.2, -0.15) is 0 Å². The third-order valence-electron chi connectivity index (χ3n) is 2.95. The second-order valence-corrected chi connectivity index (χ2v) is 5.19. The number of aromatic nitrogens is 2. The lowest BCUT2D eigenvalue weighted by Crippen LogP contribution is -2.08. The minimum atomic E-state index is -0.227. The molecule has 1 atom stereocenters. The second-order valence-electron chi connectivity index (χ2n) is 4.28. The number of halogens is 1. The molecule has 0 aliphatic heterocycles. The third kappa shape index (κ3) is 2.42. The molecule has 0 amide bonds. The standard InChI is InChI=1S/C14H12FN3S/c1-9(10-3-2-4-11(15)7-10)18-14-13-12(5-6-19-13)16-8-17-14/h2-9H,1H3,(H,16,17,18). The van der Waals surface area contributed by atoms with Crippen molar-refractivity contribution < 1.29 is 4.39 Å². The van der Waals surface area contributed by atoms with Crippen LogP contribution >= 0.6 is 11.3 Å². The molecule has 1 aromatic carbocycles. The monoisotopic (exact) mass is 273 g/mol. The molecular formula is C14H12FN3S. The van der Waals surface area contributed by atoms with Gasteiger partial charge in [-0.05, 0) is 36.1 Å². The Morgan fingerprint density at radius 3 is 3.00 bits per heavy atom. The predicted molar refractivity (Wildman–Crippen MR) is 75.9 cm³/mol. The number of hydrogen-bond acceptors (Lipinski definition) is 4. The molecule has 0 aliphatic rings. The van der Waals surface area contributed by atoms with Crippen LogP contribution in [0.15, 0.2) is 42.0 Å². The fraction of sp³-hybridized carbons (Fsp3) is 0.143. The molecule has 0 saturated carbocycles. The van der Waals surface area contributed by atoms with Crippen molar-refractivity contribution in [2.45, 2.75) is 13.0 Å². The fourth-order valence-corrected chi connectivity index (χ4v) is 2.75.